The van der Waals surface area contributed by atoms with Crippen LogP contribution < -0.4 is 0 Å². The second kappa shape index (κ2) is 8.16. The first-order chi connectivity index (χ1) is 14.6. The van der Waals surface area contributed by atoms with Crippen LogP contribution in [0.5, 0.6) is 0 Å². The van der Waals surface area contributed by atoms with E-state index in [1.54, 1.807) is 29.6 Å². The molecule has 2 aromatic heterocycles. The van der Waals surface area contributed by atoms with Gasteiger partial charge in [-0.2, -0.15) is 13.2 Å². The zero-order valence-corrected chi connectivity index (χ0v) is 17.8. The standard InChI is InChI=1S/C21H18F3NO4S2/c22-21(23,24)15-4-1-3-14(11-15)18-7-6-17(29-18)12-25(16-8-10-31(27,28)13-16)20(26)19-5-2-9-30-19/h1-7,9,11,16H,8,10,12-13H2/t16-/m0/s1. The molecule has 0 spiro atoms. The fraction of sp³-hybridized carbons (Fsp3) is 0.286. The number of benzene rings is 1. The molecule has 1 amide bonds. The summed E-state index contributed by atoms with van der Waals surface area (Å²) in [5.41, 5.74) is -0.519. The van der Waals surface area contributed by atoms with Crippen LogP contribution in [0.1, 0.15) is 27.4 Å². The minimum Gasteiger partial charge on any atom is -0.459 e. The third-order valence-electron chi connectivity index (χ3n) is 5.10. The molecule has 4 rings (SSSR count). The van der Waals surface area contributed by atoms with Gasteiger partial charge in [-0.3, -0.25) is 4.79 Å². The number of hydrogen-bond donors (Lipinski definition) is 0. The summed E-state index contributed by atoms with van der Waals surface area (Å²) in [4.78, 5) is 15.0. The Hall–Kier alpha value is -2.59. The van der Waals surface area contributed by atoms with Gasteiger partial charge in [-0.05, 0) is 42.1 Å². The summed E-state index contributed by atoms with van der Waals surface area (Å²) < 4.78 is 68.6. The van der Waals surface area contributed by atoms with Crippen LogP contribution in [-0.2, 0) is 22.6 Å². The molecule has 164 valence electrons. The molecular weight excluding hydrogens is 451 g/mol. The molecule has 1 atom stereocenters. The zero-order chi connectivity index (χ0) is 22.2. The van der Waals surface area contributed by atoms with Crippen LogP contribution in [-0.4, -0.2) is 36.8 Å². The molecule has 0 N–H and O–H groups in total. The number of rotatable bonds is 5. The lowest BCUT2D eigenvalue weighted by Gasteiger charge is -2.27. The van der Waals surface area contributed by atoms with Crippen LogP contribution in [0.3, 0.4) is 0 Å². The molecule has 5 nitrogen and oxygen atoms in total. The number of carbonyl (C=O) groups excluding carboxylic acids is 1. The van der Waals surface area contributed by atoms with Gasteiger partial charge in [0.2, 0.25) is 0 Å². The molecule has 0 unspecified atom stereocenters. The van der Waals surface area contributed by atoms with Gasteiger partial charge < -0.3 is 9.32 Å². The number of nitrogens with zero attached hydrogens (tertiary/aromatic N) is 1. The smallest absolute Gasteiger partial charge is 0.416 e. The Morgan fingerprint density at radius 3 is 2.61 bits per heavy atom. The number of carbonyl (C=O) groups is 1. The SMILES string of the molecule is O=C(c1cccs1)N(Cc1ccc(-c2cccc(C(F)(F)F)c2)o1)[C@H]1CCS(=O)(=O)C1. The summed E-state index contributed by atoms with van der Waals surface area (Å²) in [5, 5.41) is 1.76. The number of alkyl halides is 3. The van der Waals surface area contributed by atoms with Crippen LogP contribution in [0.4, 0.5) is 13.2 Å². The van der Waals surface area contributed by atoms with Gasteiger partial charge in [-0.25, -0.2) is 8.42 Å². The molecular formula is C21H18F3NO4S2. The third kappa shape index (κ3) is 4.85. The molecule has 10 heteroatoms. The van der Waals surface area contributed by atoms with Crippen molar-refractivity contribution in [2.45, 2.75) is 25.2 Å². The summed E-state index contributed by atoms with van der Waals surface area (Å²) in [6.07, 6.45) is -4.13. The Labute approximate surface area is 181 Å². The summed E-state index contributed by atoms with van der Waals surface area (Å²) in [5.74, 6) is 0.199. The molecule has 1 fully saturated rings. The summed E-state index contributed by atoms with van der Waals surface area (Å²) >= 11 is 1.26. The number of amides is 1. The molecule has 31 heavy (non-hydrogen) atoms. The molecule has 1 saturated heterocycles. The van der Waals surface area contributed by atoms with Crippen molar-refractivity contribution in [2.24, 2.45) is 0 Å². The van der Waals surface area contributed by atoms with Crippen molar-refractivity contribution < 1.29 is 30.8 Å². The Kier molecular flexibility index (Phi) is 5.69. The van der Waals surface area contributed by atoms with Gasteiger partial charge in [-0.15, -0.1) is 11.3 Å². The molecule has 1 aromatic carbocycles. The quantitative estimate of drug-likeness (QED) is 0.536. The van der Waals surface area contributed by atoms with Crippen LogP contribution in [0.2, 0.25) is 0 Å². The van der Waals surface area contributed by atoms with E-state index in [9.17, 15) is 26.4 Å². The van der Waals surface area contributed by atoms with Crippen molar-refractivity contribution in [1.82, 2.24) is 4.90 Å². The number of furan rings is 1. The molecule has 0 saturated carbocycles. The van der Waals surface area contributed by atoms with E-state index >= 15 is 0 Å². The lowest BCUT2D eigenvalue weighted by atomic mass is 10.1. The monoisotopic (exact) mass is 469 g/mol. The van der Waals surface area contributed by atoms with Crippen LogP contribution in [0, 0.1) is 0 Å². The van der Waals surface area contributed by atoms with Crippen molar-refractivity contribution in [3.63, 3.8) is 0 Å². The Morgan fingerprint density at radius 2 is 1.97 bits per heavy atom. The fourth-order valence-corrected chi connectivity index (χ4v) is 5.97. The first-order valence-corrected chi connectivity index (χ1v) is 12.1. The highest BCUT2D eigenvalue weighted by molar-refractivity contribution is 7.91. The van der Waals surface area contributed by atoms with E-state index in [0.717, 1.165) is 12.1 Å². The minimum atomic E-state index is -4.47. The lowest BCUT2D eigenvalue weighted by Crippen LogP contribution is -2.40. The highest BCUT2D eigenvalue weighted by Crippen LogP contribution is 2.33. The summed E-state index contributed by atoms with van der Waals surface area (Å²) in [7, 11) is -3.22. The van der Waals surface area contributed by atoms with E-state index < -0.39 is 27.6 Å². The molecule has 0 radical (unpaired) electrons. The van der Waals surface area contributed by atoms with Crippen molar-refractivity contribution in [3.8, 4) is 11.3 Å². The zero-order valence-electron chi connectivity index (χ0n) is 16.1. The average Bonchev–Trinajstić information content (AvgIpc) is 3.46. The van der Waals surface area contributed by atoms with Crippen LogP contribution in [0.25, 0.3) is 11.3 Å². The van der Waals surface area contributed by atoms with Gasteiger partial charge in [0.15, 0.2) is 9.84 Å². The first-order valence-electron chi connectivity index (χ1n) is 9.44. The molecule has 1 aliphatic rings. The van der Waals surface area contributed by atoms with Crippen molar-refractivity contribution >= 4 is 27.1 Å². The van der Waals surface area contributed by atoms with Gasteiger partial charge in [0.05, 0.1) is 28.5 Å². The van der Waals surface area contributed by atoms with E-state index in [0.29, 0.717) is 17.1 Å². The maximum Gasteiger partial charge on any atom is 0.416 e. The largest absolute Gasteiger partial charge is 0.459 e. The van der Waals surface area contributed by atoms with Gasteiger partial charge in [-0.1, -0.05) is 18.2 Å². The fourth-order valence-electron chi connectivity index (χ4n) is 3.56. The first kappa shape index (κ1) is 21.6. The maximum absolute atomic E-state index is 13.0. The van der Waals surface area contributed by atoms with E-state index in [1.807, 2.05) is 0 Å². The van der Waals surface area contributed by atoms with Crippen molar-refractivity contribution in [3.05, 3.63) is 70.1 Å². The summed E-state index contributed by atoms with van der Waals surface area (Å²) in [6, 6.07) is 10.8. The molecule has 0 bridgehead atoms. The molecule has 3 aromatic rings. The predicted molar refractivity (Wildman–Crippen MR) is 110 cm³/mol. The highest BCUT2D eigenvalue weighted by Gasteiger charge is 2.36. The number of hydrogen-bond acceptors (Lipinski definition) is 5. The number of halogens is 3. The normalized spacial score (nSPS) is 18.2. The van der Waals surface area contributed by atoms with Gasteiger partial charge in [0, 0.05) is 11.6 Å². The number of sulfone groups is 1. The van der Waals surface area contributed by atoms with Gasteiger partial charge >= 0.3 is 6.18 Å². The minimum absolute atomic E-state index is 0.0134. The maximum atomic E-state index is 13.0. The van der Waals surface area contributed by atoms with E-state index in [1.165, 1.54) is 28.4 Å². The average molecular weight is 470 g/mol. The van der Waals surface area contributed by atoms with Crippen LogP contribution >= 0.6 is 11.3 Å². The van der Waals surface area contributed by atoms with Gasteiger partial charge in [0.25, 0.3) is 5.91 Å². The molecule has 3 heterocycles. The van der Waals surface area contributed by atoms with Crippen molar-refractivity contribution in [1.29, 1.82) is 0 Å². The van der Waals surface area contributed by atoms with E-state index in [4.69, 9.17) is 4.42 Å². The second-order valence-electron chi connectivity index (χ2n) is 7.31. The number of thiophene rings is 1. The Balaban J connectivity index is 1.60. The topological polar surface area (TPSA) is 67.6 Å². The highest BCUT2D eigenvalue weighted by atomic mass is 32.2. The predicted octanol–water partition coefficient (Wildman–Crippen LogP) is 4.86. The summed E-state index contributed by atoms with van der Waals surface area (Å²) in [6.45, 7) is 0.0237. The molecule has 1 aliphatic heterocycles. The Morgan fingerprint density at radius 1 is 1.16 bits per heavy atom. The Bertz CT molecular complexity index is 1180. The lowest BCUT2D eigenvalue weighted by molar-refractivity contribution is -0.137. The third-order valence-corrected chi connectivity index (χ3v) is 7.71. The van der Waals surface area contributed by atoms with Gasteiger partial charge in [0.1, 0.15) is 11.5 Å². The molecule has 0 aliphatic carbocycles. The second-order valence-corrected chi connectivity index (χ2v) is 10.5. The van der Waals surface area contributed by atoms with E-state index in [-0.39, 0.29) is 35.3 Å². The van der Waals surface area contributed by atoms with Crippen LogP contribution in [0.15, 0.2) is 58.3 Å². The van der Waals surface area contributed by atoms with E-state index in [2.05, 4.69) is 0 Å². The van der Waals surface area contributed by atoms with Crippen molar-refractivity contribution in [2.75, 3.05) is 11.5 Å².